The third-order valence-electron chi connectivity index (χ3n) is 4.17. The van der Waals surface area contributed by atoms with E-state index in [0.29, 0.717) is 12.0 Å². The fraction of sp³-hybridized carbons (Fsp3) is 0.769. The van der Waals surface area contributed by atoms with E-state index in [-0.39, 0.29) is 0 Å². The molecule has 3 atom stereocenters. The van der Waals surface area contributed by atoms with Crippen LogP contribution >= 0.6 is 0 Å². The van der Waals surface area contributed by atoms with Gasteiger partial charge in [0.2, 0.25) is 0 Å². The molecule has 0 bridgehead atoms. The van der Waals surface area contributed by atoms with Gasteiger partial charge in [-0.25, -0.2) is 0 Å². The molecule has 0 amide bonds. The zero-order valence-electron chi connectivity index (χ0n) is 9.91. The largest absolute Gasteiger partial charge is 0.361 e. The molecule has 2 heterocycles. The van der Waals surface area contributed by atoms with Crippen molar-refractivity contribution in [3.63, 3.8) is 0 Å². The average Bonchev–Trinajstić information content (AvgIpc) is 2.75. The minimum absolute atomic E-state index is 0.556. The molecule has 1 saturated carbocycles. The lowest BCUT2D eigenvalue weighted by Gasteiger charge is -2.41. The van der Waals surface area contributed by atoms with E-state index < -0.39 is 0 Å². The maximum Gasteiger partial charge on any atom is 0.141 e. The highest BCUT2D eigenvalue weighted by Crippen LogP contribution is 2.40. The van der Waals surface area contributed by atoms with E-state index in [0.717, 1.165) is 17.4 Å². The summed E-state index contributed by atoms with van der Waals surface area (Å²) >= 11 is 0. The van der Waals surface area contributed by atoms with Crippen LogP contribution in [0.4, 0.5) is 0 Å². The summed E-state index contributed by atoms with van der Waals surface area (Å²) in [6.45, 7) is 3.17. The van der Waals surface area contributed by atoms with E-state index in [1.807, 2.05) is 6.92 Å². The fourth-order valence-electron chi connectivity index (χ4n) is 3.43. The summed E-state index contributed by atoms with van der Waals surface area (Å²) in [6, 6.07) is 2.75. The minimum atomic E-state index is 0.556. The highest BCUT2D eigenvalue weighted by Gasteiger charge is 2.37. The first-order valence-electron chi connectivity index (χ1n) is 6.51. The summed E-state index contributed by atoms with van der Waals surface area (Å²) in [5.41, 5.74) is 1.01. The molecular formula is C13H20N2O. The van der Waals surface area contributed by atoms with Gasteiger partial charge in [0.05, 0.1) is 5.69 Å². The van der Waals surface area contributed by atoms with Crippen LogP contribution in [0.1, 0.15) is 49.5 Å². The van der Waals surface area contributed by atoms with Crippen molar-refractivity contribution < 1.29 is 4.52 Å². The third-order valence-corrected chi connectivity index (χ3v) is 4.17. The molecule has 1 aliphatic carbocycles. The highest BCUT2D eigenvalue weighted by atomic mass is 16.5. The smallest absolute Gasteiger partial charge is 0.141 e. The summed E-state index contributed by atoms with van der Waals surface area (Å²) < 4.78 is 5.46. The van der Waals surface area contributed by atoms with E-state index in [2.05, 4.69) is 16.5 Å². The van der Waals surface area contributed by atoms with Crippen LogP contribution in [0.3, 0.4) is 0 Å². The second-order valence-corrected chi connectivity index (χ2v) is 5.29. The van der Waals surface area contributed by atoms with Gasteiger partial charge in [0.15, 0.2) is 0 Å². The molecule has 2 fully saturated rings. The zero-order valence-corrected chi connectivity index (χ0v) is 9.91. The van der Waals surface area contributed by atoms with Gasteiger partial charge in [-0.1, -0.05) is 11.6 Å². The van der Waals surface area contributed by atoms with Crippen LogP contribution in [-0.4, -0.2) is 17.7 Å². The number of fused-ring (bicyclic) bond motifs is 1. The van der Waals surface area contributed by atoms with Crippen LogP contribution in [0.2, 0.25) is 0 Å². The van der Waals surface area contributed by atoms with Crippen molar-refractivity contribution in [1.82, 2.24) is 10.5 Å². The van der Waals surface area contributed by atoms with Crippen LogP contribution in [0.25, 0.3) is 0 Å². The van der Waals surface area contributed by atoms with E-state index in [9.17, 15) is 0 Å². The normalized spacial score (nSPS) is 34.7. The molecule has 2 aliphatic rings. The van der Waals surface area contributed by atoms with Gasteiger partial charge in [-0.15, -0.1) is 0 Å². The molecule has 1 aliphatic heterocycles. The van der Waals surface area contributed by atoms with Crippen molar-refractivity contribution in [2.45, 2.75) is 51.0 Å². The number of rotatable bonds is 1. The van der Waals surface area contributed by atoms with E-state index in [1.165, 1.54) is 38.6 Å². The Labute approximate surface area is 96.6 Å². The topological polar surface area (TPSA) is 38.1 Å². The Morgan fingerprint density at radius 2 is 2.19 bits per heavy atom. The first-order valence-corrected chi connectivity index (χ1v) is 6.51. The lowest BCUT2D eigenvalue weighted by molar-refractivity contribution is 0.166. The monoisotopic (exact) mass is 220 g/mol. The maximum absolute atomic E-state index is 5.46. The summed E-state index contributed by atoms with van der Waals surface area (Å²) in [5, 5.41) is 7.72. The average molecular weight is 220 g/mol. The standard InChI is InChI=1S/C13H20N2O/c1-9-8-12(16-15-9)11-6-2-4-10-5-3-7-14-13(10)11/h8,10-11,13-14H,2-7H2,1H3. The van der Waals surface area contributed by atoms with Gasteiger partial charge in [-0.05, 0) is 45.1 Å². The predicted molar refractivity (Wildman–Crippen MR) is 62.3 cm³/mol. The Morgan fingerprint density at radius 1 is 1.31 bits per heavy atom. The first-order chi connectivity index (χ1) is 7.84. The number of piperidine rings is 1. The summed E-state index contributed by atoms with van der Waals surface area (Å²) in [4.78, 5) is 0. The quantitative estimate of drug-likeness (QED) is 0.790. The molecule has 1 saturated heterocycles. The molecule has 3 rings (SSSR count). The van der Waals surface area contributed by atoms with Gasteiger partial charge >= 0.3 is 0 Å². The Hall–Kier alpha value is -0.830. The third kappa shape index (κ3) is 1.77. The Kier molecular flexibility index (Phi) is 2.72. The molecule has 0 radical (unpaired) electrons. The SMILES string of the molecule is Cc1cc(C2CCCC3CCCNC32)on1. The molecule has 16 heavy (non-hydrogen) atoms. The second kappa shape index (κ2) is 4.21. The predicted octanol–water partition coefficient (Wildman–Crippen LogP) is 2.62. The van der Waals surface area contributed by atoms with Crippen LogP contribution < -0.4 is 5.32 Å². The van der Waals surface area contributed by atoms with E-state index in [1.54, 1.807) is 0 Å². The summed E-state index contributed by atoms with van der Waals surface area (Å²) in [6.07, 6.45) is 6.71. The zero-order chi connectivity index (χ0) is 11.0. The van der Waals surface area contributed by atoms with E-state index in [4.69, 9.17) is 4.52 Å². The van der Waals surface area contributed by atoms with Gasteiger partial charge in [0.25, 0.3) is 0 Å². The van der Waals surface area contributed by atoms with Gasteiger partial charge in [0, 0.05) is 18.0 Å². The number of nitrogens with one attached hydrogen (secondary N) is 1. The number of hydrogen-bond acceptors (Lipinski definition) is 3. The van der Waals surface area contributed by atoms with Crippen LogP contribution in [0, 0.1) is 12.8 Å². The molecular weight excluding hydrogens is 200 g/mol. The van der Waals surface area contributed by atoms with Crippen molar-refractivity contribution >= 4 is 0 Å². The molecule has 3 nitrogen and oxygen atoms in total. The van der Waals surface area contributed by atoms with Crippen LogP contribution in [-0.2, 0) is 0 Å². The molecule has 1 aromatic heterocycles. The van der Waals surface area contributed by atoms with Crippen LogP contribution in [0.5, 0.6) is 0 Å². The number of aromatic nitrogens is 1. The Balaban J connectivity index is 1.82. The molecule has 3 heteroatoms. The lowest BCUT2D eigenvalue weighted by atomic mass is 9.72. The van der Waals surface area contributed by atoms with E-state index >= 15 is 0 Å². The molecule has 88 valence electrons. The van der Waals surface area contributed by atoms with Crippen molar-refractivity contribution in [3.05, 3.63) is 17.5 Å². The van der Waals surface area contributed by atoms with Gasteiger partial charge < -0.3 is 9.84 Å². The maximum atomic E-state index is 5.46. The van der Waals surface area contributed by atoms with Crippen molar-refractivity contribution in [1.29, 1.82) is 0 Å². The lowest BCUT2D eigenvalue weighted by Crippen LogP contribution is -2.47. The van der Waals surface area contributed by atoms with Gasteiger partial charge in [0.1, 0.15) is 5.76 Å². The second-order valence-electron chi connectivity index (χ2n) is 5.29. The van der Waals surface area contributed by atoms with Gasteiger partial charge in [-0.3, -0.25) is 0 Å². The molecule has 1 aromatic rings. The number of nitrogens with zero attached hydrogens (tertiary/aromatic N) is 1. The van der Waals surface area contributed by atoms with Crippen molar-refractivity contribution in [3.8, 4) is 0 Å². The summed E-state index contributed by atoms with van der Waals surface area (Å²) in [7, 11) is 0. The van der Waals surface area contributed by atoms with Crippen molar-refractivity contribution in [2.24, 2.45) is 5.92 Å². The minimum Gasteiger partial charge on any atom is -0.361 e. The molecule has 1 N–H and O–H groups in total. The highest BCUT2D eigenvalue weighted by molar-refractivity contribution is 5.13. The number of hydrogen-bond donors (Lipinski definition) is 1. The Morgan fingerprint density at radius 3 is 3.00 bits per heavy atom. The first kappa shape index (κ1) is 10.3. The Bertz CT molecular complexity index is 359. The van der Waals surface area contributed by atoms with Crippen molar-refractivity contribution in [2.75, 3.05) is 6.54 Å². The summed E-state index contributed by atoms with van der Waals surface area (Å²) in [5.74, 6) is 2.51. The fourth-order valence-corrected chi connectivity index (χ4v) is 3.43. The molecule has 3 unspecified atom stereocenters. The number of aryl methyl sites for hydroxylation is 1. The molecule has 0 aromatic carbocycles. The van der Waals surface area contributed by atoms with Crippen LogP contribution in [0.15, 0.2) is 10.6 Å². The molecule has 0 spiro atoms. The van der Waals surface area contributed by atoms with Gasteiger partial charge in [-0.2, -0.15) is 0 Å².